The highest BCUT2D eigenvalue weighted by Gasteiger charge is 2.25. The number of nitrogens with zero attached hydrogens (tertiary/aromatic N) is 4. The predicted molar refractivity (Wildman–Crippen MR) is 100 cm³/mol. The second-order valence-corrected chi connectivity index (χ2v) is 7.18. The summed E-state index contributed by atoms with van der Waals surface area (Å²) in [5, 5.41) is 6.75. The van der Waals surface area contributed by atoms with Crippen LogP contribution in [0.4, 0.5) is 0 Å². The van der Waals surface area contributed by atoms with Crippen LogP contribution in [0.1, 0.15) is 10.5 Å². The van der Waals surface area contributed by atoms with Gasteiger partial charge in [0.1, 0.15) is 11.4 Å². The smallest absolute Gasteiger partial charge is 0.272 e. The molecule has 0 saturated carbocycles. The van der Waals surface area contributed by atoms with Crippen molar-refractivity contribution in [3.05, 3.63) is 59.6 Å². The highest BCUT2D eigenvalue weighted by atomic mass is 32.1. The van der Waals surface area contributed by atoms with E-state index in [2.05, 4.69) is 11.9 Å². The van der Waals surface area contributed by atoms with Crippen LogP contribution in [-0.4, -0.2) is 58.7 Å². The van der Waals surface area contributed by atoms with E-state index in [4.69, 9.17) is 5.10 Å². The van der Waals surface area contributed by atoms with Crippen LogP contribution in [0.3, 0.4) is 0 Å². The van der Waals surface area contributed by atoms with E-state index in [9.17, 15) is 4.79 Å². The van der Waals surface area contributed by atoms with Gasteiger partial charge in [0, 0.05) is 26.2 Å². The fraction of sp³-hybridized carbons (Fsp3) is 0.263. The van der Waals surface area contributed by atoms with Gasteiger partial charge in [-0.1, -0.05) is 24.3 Å². The number of carbonyl (C=O) groups excluding carboxylic acids is 1. The summed E-state index contributed by atoms with van der Waals surface area (Å²) in [4.78, 5) is 18.4. The van der Waals surface area contributed by atoms with Gasteiger partial charge in [0.25, 0.3) is 5.91 Å². The SMILES string of the molecule is CN1CCN(C(=O)c2cc(-c3cccs3)nn2-c2ccccc2)CC1. The van der Waals surface area contributed by atoms with E-state index in [-0.39, 0.29) is 5.91 Å². The topological polar surface area (TPSA) is 41.4 Å². The van der Waals surface area contributed by atoms with Crippen molar-refractivity contribution in [1.82, 2.24) is 19.6 Å². The van der Waals surface area contributed by atoms with Crippen molar-refractivity contribution in [2.75, 3.05) is 33.2 Å². The third kappa shape index (κ3) is 3.23. The molecule has 1 aliphatic rings. The number of likely N-dealkylation sites (N-methyl/N-ethyl adjacent to an activating group) is 1. The number of hydrogen-bond acceptors (Lipinski definition) is 4. The number of thiophene rings is 1. The maximum absolute atomic E-state index is 13.1. The quantitative estimate of drug-likeness (QED) is 0.728. The van der Waals surface area contributed by atoms with E-state index in [1.165, 1.54) is 0 Å². The summed E-state index contributed by atoms with van der Waals surface area (Å²) in [6.45, 7) is 3.32. The van der Waals surface area contributed by atoms with Crippen molar-refractivity contribution >= 4 is 17.2 Å². The highest BCUT2D eigenvalue weighted by Crippen LogP contribution is 2.26. The third-order valence-electron chi connectivity index (χ3n) is 4.49. The lowest BCUT2D eigenvalue weighted by Crippen LogP contribution is -2.47. The molecule has 0 unspecified atom stereocenters. The van der Waals surface area contributed by atoms with E-state index < -0.39 is 0 Å². The van der Waals surface area contributed by atoms with E-state index in [1.807, 2.05) is 58.8 Å². The summed E-state index contributed by atoms with van der Waals surface area (Å²) in [6, 6.07) is 15.8. The Morgan fingerprint density at radius 2 is 1.80 bits per heavy atom. The average Bonchev–Trinajstić information content (AvgIpc) is 3.32. The number of para-hydroxylation sites is 1. The Morgan fingerprint density at radius 3 is 2.48 bits per heavy atom. The van der Waals surface area contributed by atoms with Gasteiger partial charge in [-0.3, -0.25) is 4.79 Å². The molecule has 5 nitrogen and oxygen atoms in total. The molecule has 0 aliphatic carbocycles. The van der Waals surface area contributed by atoms with Crippen molar-refractivity contribution in [3.63, 3.8) is 0 Å². The van der Waals surface area contributed by atoms with Crippen LogP contribution in [0.15, 0.2) is 53.9 Å². The summed E-state index contributed by atoms with van der Waals surface area (Å²) < 4.78 is 1.77. The van der Waals surface area contributed by atoms with Crippen LogP contribution in [-0.2, 0) is 0 Å². The minimum atomic E-state index is 0.0484. The fourth-order valence-electron chi connectivity index (χ4n) is 3.02. The van der Waals surface area contributed by atoms with Crippen LogP contribution in [0.25, 0.3) is 16.3 Å². The molecule has 2 aromatic heterocycles. The molecule has 1 aromatic carbocycles. The van der Waals surface area contributed by atoms with Gasteiger partial charge < -0.3 is 9.80 Å². The molecular weight excluding hydrogens is 332 g/mol. The lowest BCUT2D eigenvalue weighted by atomic mass is 10.2. The Kier molecular flexibility index (Phi) is 4.38. The number of hydrogen-bond donors (Lipinski definition) is 0. The molecule has 1 amide bonds. The van der Waals surface area contributed by atoms with Crippen LogP contribution in [0.2, 0.25) is 0 Å². The number of rotatable bonds is 3. The van der Waals surface area contributed by atoms with Crippen molar-refractivity contribution < 1.29 is 4.79 Å². The minimum Gasteiger partial charge on any atom is -0.335 e. The molecule has 0 N–H and O–H groups in total. The lowest BCUT2D eigenvalue weighted by molar-refractivity contribution is 0.0655. The van der Waals surface area contributed by atoms with Crippen LogP contribution in [0, 0.1) is 0 Å². The molecule has 0 bridgehead atoms. The number of piperazine rings is 1. The predicted octanol–water partition coefficient (Wildman–Crippen LogP) is 2.99. The molecular formula is C19H20N4OS. The molecule has 0 radical (unpaired) electrons. The zero-order chi connectivity index (χ0) is 17.2. The first-order valence-electron chi connectivity index (χ1n) is 8.39. The summed E-state index contributed by atoms with van der Waals surface area (Å²) in [5.74, 6) is 0.0484. The Balaban J connectivity index is 1.73. The van der Waals surface area contributed by atoms with Crippen molar-refractivity contribution in [2.45, 2.75) is 0 Å². The Hall–Kier alpha value is -2.44. The fourth-order valence-corrected chi connectivity index (χ4v) is 3.70. The van der Waals surface area contributed by atoms with Gasteiger partial charge in [-0.15, -0.1) is 11.3 Å². The molecule has 128 valence electrons. The van der Waals surface area contributed by atoms with Gasteiger partial charge >= 0.3 is 0 Å². The molecule has 25 heavy (non-hydrogen) atoms. The van der Waals surface area contributed by atoms with Gasteiger partial charge in [-0.25, -0.2) is 4.68 Å². The van der Waals surface area contributed by atoms with Crippen LogP contribution in [0.5, 0.6) is 0 Å². The Labute approximate surface area is 151 Å². The highest BCUT2D eigenvalue weighted by molar-refractivity contribution is 7.13. The van der Waals surface area contributed by atoms with Crippen molar-refractivity contribution in [2.24, 2.45) is 0 Å². The van der Waals surface area contributed by atoms with E-state index >= 15 is 0 Å². The molecule has 1 fully saturated rings. The molecule has 1 aliphatic heterocycles. The zero-order valence-corrected chi connectivity index (χ0v) is 14.9. The Bertz CT molecular complexity index is 849. The Morgan fingerprint density at radius 1 is 1.04 bits per heavy atom. The molecule has 0 atom stereocenters. The summed E-state index contributed by atoms with van der Waals surface area (Å²) >= 11 is 1.63. The number of benzene rings is 1. The van der Waals surface area contributed by atoms with E-state index in [0.717, 1.165) is 42.4 Å². The standard InChI is InChI=1S/C19H20N4OS/c1-21-9-11-22(12-10-21)19(24)17-14-16(18-8-5-13-25-18)20-23(17)15-6-3-2-4-7-15/h2-8,13-14H,9-12H2,1H3. The lowest BCUT2D eigenvalue weighted by Gasteiger charge is -2.32. The van der Waals surface area contributed by atoms with Gasteiger partial charge in [0.05, 0.1) is 10.6 Å². The second-order valence-electron chi connectivity index (χ2n) is 6.23. The maximum atomic E-state index is 13.1. The van der Waals surface area contributed by atoms with E-state index in [1.54, 1.807) is 16.0 Å². The second kappa shape index (κ2) is 6.82. The van der Waals surface area contributed by atoms with Crippen LogP contribution < -0.4 is 0 Å². The van der Waals surface area contributed by atoms with E-state index in [0.29, 0.717) is 5.69 Å². The number of carbonyl (C=O) groups is 1. The molecule has 0 spiro atoms. The summed E-state index contributed by atoms with van der Waals surface area (Å²) in [5.41, 5.74) is 2.37. The first-order valence-corrected chi connectivity index (χ1v) is 9.27. The molecule has 3 heterocycles. The first-order chi connectivity index (χ1) is 12.2. The monoisotopic (exact) mass is 352 g/mol. The number of aromatic nitrogens is 2. The number of amides is 1. The van der Waals surface area contributed by atoms with Gasteiger partial charge in [-0.05, 0) is 36.7 Å². The molecule has 1 saturated heterocycles. The third-order valence-corrected chi connectivity index (χ3v) is 5.39. The largest absolute Gasteiger partial charge is 0.335 e. The van der Waals surface area contributed by atoms with Gasteiger partial charge in [0.2, 0.25) is 0 Å². The maximum Gasteiger partial charge on any atom is 0.272 e. The summed E-state index contributed by atoms with van der Waals surface area (Å²) in [7, 11) is 2.09. The molecule has 4 rings (SSSR count). The van der Waals surface area contributed by atoms with Crippen molar-refractivity contribution in [1.29, 1.82) is 0 Å². The van der Waals surface area contributed by atoms with Crippen LogP contribution >= 0.6 is 11.3 Å². The average molecular weight is 352 g/mol. The normalized spacial score (nSPS) is 15.5. The minimum absolute atomic E-state index is 0.0484. The molecule has 6 heteroatoms. The van der Waals surface area contributed by atoms with Gasteiger partial charge in [0.15, 0.2) is 0 Å². The zero-order valence-electron chi connectivity index (χ0n) is 14.1. The van der Waals surface area contributed by atoms with Crippen molar-refractivity contribution in [3.8, 4) is 16.3 Å². The van der Waals surface area contributed by atoms with Gasteiger partial charge in [-0.2, -0.15) is 5.10 Å². The first kappa shape index (κ1) is 16.1. The molecule has 3 aromatic rings. The summed E-state index contributed by atoms with van der Waals surface area (Å²) in [6.07, 6.45) is 0.